The summed E-state index contributed by atoms with van der Waals surface area (Å²) in [6.07, 6.45) is 0.191. The molecular weight excluding hydrogens is 569 g/mol. The number of nitrogens with zero attached hydrogens (tertiary/aromatic N) is 2. The third-order valence-corrected chi connectivity index (χ3v) is 8.47. The van der Waals surface area contributed by atoms with Gasteiger partial charge in [0.05, 0.1) is 23.9 Å². The highest BCUT2D eigenvalue weighted by molar-refractivity contribution is 6.33. The molecule has 2 aliphatic rings. The highest BCUT2D eigenvalue weighted by atomic mass is 35.5. The number of carbonyl (C=O) groups is 1. The minimum Gasteiger partial charge on any atom is -0.471 e. The molecule has 1 aliphatic heterocycles. The predicted octanol–water partition coefficient (Wildman–Crippen LogP) is 7.88. The van der Waals surface area contributed by atoms with Gasteiger partial charge in [-0.2, -0.15) is 5.10 Å². The van der Waals surface area contributed by atoms with Crippen molar-refractivity contribution in [3.05, 3.63) is 87.7 Å². The molecule has 4 aromatic rings. The Labute approximate surface area is 246 Å². The van der Waals surface area contributed by atoms with Gasteiger partial charge in [0.2, 0.25) is 17.7 Å². The van der Waals surface area contributed by atoms with Crippen molar-refractivity contribution >= 4 is 29.1 Å². The average molecular weight is 597 g/mol. The van der Waals surface area contributed by atoms with E-state index < -0.39 is 17.6 Å². The van der Waals surface area contributed by atoms with Crippen LogP contribution in [-0.4, -0.2) is 32.6 Å². The van der Waals surface area contributed by atoms with Crippen molar-refractivity contribution in [1.82, 2.24) is 20.5 Å². The lowest BCUT2D eigenvalue weighted by Gasteiger charge is -2.45. The molecule has 1 atom stereocenters. The molecule has 6 rings (SSSR count). The van der Waals surface area contributed by atoms with Crippen molar-refractivity contribution in [2.24, 2.45) is 0 Å². The molecule has 6 nitrogen and oxygen atoms in total. The van der Waals surface area contributed by atoms with Crippen molar-refractivity contribution < 1.29 is 18.3 Å². The Morgan fingerprint density at radius 2 is 1.78 bits per heavy atom. The first-order valence-electron chi connectivity index (χ1n) is 13.5. The Morgan fingerprint density at radius 1 is 1.05 bits per heavy atom. The van der Waals surface area contributed by atoms with E-state index in [9.17, 15) is 13.6 Å². The second kappa shape index (κ2) is 10.7. The number of rotatable bonds is 5. The summed E-state index contributed by atoms with van der Waals surface area (Å²) in [5.41, 5.74) is 4.22. The van der Waals surface area contributed by atoms with Crippen molar-refractivity contribution in [1.29, 1.82) is 0 Å². The number of aromatic amines is 1. The van der Waals surface area contributed by atoms with Gasteiger partial charge in [0.15, 0.2) is 0 Å². The Kier molecular flexibility index (Phi) is 7.24. The summed E-state index contributed by atoms with van der Waals surface area (Å²) < 4.78 is 34.9. The van der Waals surface area contributed by atoms with Gasteiger partial charge in [0.1, 0.15) is 5.60 Å². The number of carbonyl (C=O) groups excluding carboxylic acids is 1. The molecule has 2 aromatic carbocycles. The van der Waals surface area contributed by atoms with Crippen LogP contribution in [0.1, 0.15) is 55.1 Å². The van der Waals surface area contributed by atoms with E-state index in [1.165, 1.54) is 0 Å². The largest absolute Gasteiger partial charge is 0.471 e. The van der Waals surface area contributed by atoms with Crippen LogP contribution in [0.2, 0.25) is 10.0 Å². The Bertz CT molecular complexity index is 1600. The van der Waals surface area contributed by atoms with Gasteiger partial charge >= 0.3 is 0 Å². The van der Waals surface area contributed by atoms with Crippen LogP contribution in [0.15, 0.2) is 60.7 Å². The van der Waals surface area contributed by atoms with E-state index in [0.29, 0.717) is 44.9 Å². The summed E-state index contributed by atoms with van der Waals surface area (Å²) in [4.78, 5) is 18.2. The van der Waals surface area contributed by atoms with E-state index in [0.717, 1.165) is 16.8 Å². The molecule has 1 spiro atoms. The number of nitrogens with one attached hydrogen (secondary N) is 2. The minimum atomic E-state index is -2.74. The molecule has 41 heavy (non-hydrogen) atoms. The second-order valence-electron chi connectivity index (χ2n) is 10.9. The SMILES string of the molecule is Cc1cc(CC(=O)N[C@@H]2CC3(CCC(F)(F)CC3)Oc3nc(-c4ccccc4Cl)c(-c4ccc(Cl)cc4)cc32)n[nH]1. The van der Waals surface area contributed by atoms with Gasteiger partial charge in [-0.1, -0.05) is 53.5 Å². The molecule has 1 saturated carbocycles. The summed E-state index contributed by atoms with van der Waals surface area (Å²) in [6, 6.07) is 18.0. The molecule has 1 fully saturated rings. The number of aromatic nitrogens is 3. The van der Waals surface area contributed by atoms with Crippen LogP contribution in [-0.2, 0) is 11.2 Å². The van der Waals surface area contributed by atoms with Crippen LogP contribution in [0.25, 0.3) is 22.4 Å². The number of H-pyrrole nitrogens is 1. The Hall–Kier alpha value is -3.49. The zero-order valence-corrected chi connectivity index (χ0v) is 23.8. The summed E-state index contributed by atoms with van der Waals surface area (Å²) in [5, 5.41) is 11.3. The van der Waals surface area contributed by atoms with Gasteiger partial charge in [-0.25, -0.2) is 13.8 Å². The van der Waals surface area contributed by atoms with E-state index in [1.54, 1.807) is 18.2 Å². The molecule has 2 N–H and O–H groups in total. The molecule has 2 aromatic heterocycles. The summed E-state index contributed by atoms with van der Waals surface area (Å²) >= 11 is 12.8. The molecule has 1 amide bonds. The molecular formula is C31H28Cl2F2N4O2. The van der Waals surface area contributed by atoms with Crippen molar-refractivity contribution in [2.75, 3.05) is 0 Å². The second-order valence-corrected chi connectivity index (χ2v) is 11.8. The number of amides is 1. The number of benzene rings is 2. The third-order valence-electron chi connectivity index (χ3n) is 7.89. The van der Waals surface area contributed by atoms with Gasteiger partial charge in [0.25, 0.3) is 0 Å². The van der Waals surface area contributed by atoms with Crippen LogP contribution in [0.4, 0.5) is 8.78 Å². The topological polar surface area (TPSA) is 79.9 Å². The number of alkyl halides is 2. The van der Waals surface area contributed by atoms with Crippen LogP contribution in [0.3, 0.4) is 0 Å². The van der Waals surface area contributed by atoms with E-state index >= 15 is 0 Å². The fourth-order valence-electron chi connectivity index (χ4n) is 5.76. The Morgan fingerprint density at radius 3 is 2.46 bits per heavy atom. The molecule has 212 valence electrons. The smallest absolute Gasteiger partial charge is 0.248 e. The molecule has 3 heterocycles. The number of fused-ring (bicyclic) bond motifs is 1. The number of halogens is 4. The van der Waals surface area contributed by atoms with Crippen molar-refractivity contribution in [3.8, 4) is 28.3 Å². The molecule has 0 radical (unpaired) electrons. The maximum Gasteiger partial charge on any atom is 0.248 e. The predicted molar refractivity (Wildman–Crippen MR) is 154 cm³/mol. The van der Waals surface area contributed by atoms with Crippen molar-refractivity contribution in [2.45, 2.75) is 63.0 Å². The van der Waals surface area contributed by atoms with Crippen LogP contribution in [0.5, 0.6) is 5.88 Å². The van der Waals surface area contributed by atoms with Gasteiger partial charge in [-0.05, 0) is 55.7 Å². The maximum atomic E-state index is 14.2. The summed E-state index contributed by atoms with van der Waals surface area (Å²) in [7, 11) is 0. The first-order valence-corrected chi connectivity index (χ1v) is 14.3. The molecule has 0 unspecified atom stereocenters. The van der Waals surface area contributed by atoms with E-state index in [1.807, 2.05) is 49.4 Å². The van der Waals surface area contributed by atoms with Gasteiger partial charge < -0.3 is 10.1 Å². The van der Waals surface area contributed by atoms with Crippen LogP contribution in [0, 0.1) is 6.92 Å². The highest BCUT2D eigenvalue weighted by Crippen LogP contribution is 2.50. The summed E-state index contributed by atoms with van der Waals surface area (Å²) in [5.74, 6) is -2.65. The van der Waals surface area contributed by atoms with Gasteiger partial charge in [-0.15, -0.1) is 0 Å². The average Bonchev–Trinajstić information content (AvgIpc) is 3.35. The minimum absolute atomic E-state index is 0.0806. The lowest BCUT2D eigenvalue weighted by molar-refractivity contribution is -0.124. The van der Waals surface area contributed by atoms with Crippen molar-refractivity contribution in [3.63, 3.8) is 0 Å². The van der Waals surface area contributed by atoms with E-state index in [2.05, 4.69) is 15.5 Å². The fourth-order valence-corrected chi connectivity index (χ4v) is 6.11. The van der Waals surface area contributed by atoms with Crippen LogP contribution < -0.4 is 10.1 Å². The zero-order valence-electron chi connectivity index (χ0n) is 22.3. The molecule has 10 heteroatoms. The zero-order chi connectivity index (χ0) is 28.8. The number of hydrogen-bond acceptors (Lipinski definition) is 4. The first kappa shape index (κ1) is 27.7. The van der Waals surface area contributed by atoms with E-state index in [4.69, 9.17) is 32.9 Å². The fraction of sp³-hybridized carbons (Fsp3) is 0.323. The monoisotopic (exact) mass is 596 g/mol. The Balaban J connectivity index is 1.45. The van der Waals surface area contributed by atoms with Gasteiger partial charge in [-0.3, -0.25) is 9.89 Å². The number of aryl methyl sites for hydroxylation is 1. The quantitative estimate of drug-likeness (QED) is 0.245. The maximum absolute atomic E-state index is 14.2. The van der Waals surface area contributed by atoms with Crippen LogP contribution >= 0.6 is 23.2 Å². The number of ether oxygens (including phenoxy) is 1. The molecule has 0 bridgehead atoms. The first-order chi connectivity index (χ1) is 19.6. The lowest BCUT2D eigenvalue weighted by atomic mass is 9.76. The number of pyridine rings is 1. The number of hydrogen-bond donors (Lipinski definition) is 2. The highest BCUT2D eigenvalue weighted by Gasteiger charge is 2.49. The molecule has 0 saturated heterocycles. The standard InChI is InChI=1S/C31H28Cl2F2N4O2/c1-18-14-21(39-38-18)15-27(40)36-26-17-30(10-12-31(34,35)13-11-30)41-29-24(26)16-23(19-6-8-20(32)9-7-19)28(37-29)22-4-2-3-5-25(22)33/h2-9,14,16,26H,10-13,15,17H2,1H3,(H,36,40)(H,38,39)/t26-/m1/s1. The lowest BCUT2D eigenvalue weighted by Crippen LogP contribution is -2.49. The van der Waals surface area contributed by atoms with E-state index in [-0.39, 0.29) is 38.0 Å². The normalized spacial score (nSPS) is 18.9. The third kappa shape index (κ3) is 5.81. The summed E-state index contributed by atoms with van der Waals surface area (Å²) in [6.45, 7) is 1.87. The van der Waals surface area contributed by atoms with Gasteiger partial charge in [0, 0.05) is 51.7 Å². The molecule has 1 aliphatic carbocycles.